The minimum atomic E-state index is -0.196. The smallest absolute Gasteiger partial charge is 0.255 e. The van der Waals surface area contributed by atoms with Crippen molar-refractivity contribution in [2.75, 3.05) is 11.1 Å². The fourth-order valence-corrected chi connectivity index (χ4v) is 1.77. The Kier molecular flexibility index (Phi) is 3.82. The molecule has 2 aromatic rings. The first kappa shape index (κ1) is 13.1. The molecule has 98 valence electrons. The number of carbonyl (C=O) groups excluding carboxylic acids is 1. The Bertz CT molecular complexity index is 609. The zero-order chi connectivity index (χ0) is 13.8. The van der Waals surface area contributed by atoms with Crippen LogP contribution in [0.3, 0.4) is 0 Å². The van der Waals surface area contributed by atoms with E-state index in [4.69, 9.17) is 10.8 Å². The van der Waals surface area contributed by atoms with Crippen molar-refractivity contribution in [3.63, 3.8) is 0 Å². The van der Waals surface area contributed by atoms with Gasteiger partial charge in [-0.1, -0.05) is 12.1 Å². The van der Waals surface area contributed by atoms with Crippen LogP contribution in [0.2, 0.25) is 0 Å². The molecule has 4 nitrogen and oxygen atoms in total. The third kappa shape index (κ3) is 3.11. The Morgan fingerprint density at radius 1 is 1.26 bits per heavy atom. The van der Waals surface area contributed by atoms with Crippen molar-refractivity contribution in [3.05, 3.63) is 59.2 Å². The summed E-state index contributed by atoms with van der Waals surface area (Å²) in [5.74, 6) is -0.196. The Hall–Kier alpha value is -2.33. The molecule has 0 spiro atoms. The molecule has 1 amide bonds. The van der Waals surface area contributed by atoms with E-state index in [2.05, 4.69) is 5.32 Å². The number of carbonyl (C=O) groups is 1. The molecule has 4 N–H and O–H groups in total. The van der Waals surface area contributed by atoms with Crippen molar-refractivity contribution < 1.29 is 9.90 Å². The molecule has 0 atom stereocenters. The fourth-order valence-electron chi connectivity index (χ4n) is 1.77. The van der Waals surface area contributed by atoms with Crippen molar-refractivity contribution in [2.24, 2.45) is 0 Å². The molecule has 0 aliphatic heterocycles. The summed E-state index contributed by atoms with van der Waals surface area (Å²) in [6.45, 7) is 1.81. The van der Waals surface area contributed by atoms with Crippen molar-refractivity contribution in [3.8, 4) is 0 Å². The van der Waals surface area contributed by atoms with E-state index in [1.165, 1.54) is 0 Å². The average Bonchev–Trinajstić information content (AvgIpc) is 2.42. The highest BCUT2D eigenvalue weighted by Crippen LogP contribution is 2.15. The lowest BCUT2D eigenvalue weighted by molar-refractivity contribution is 0.102. The molecule has 0 aliphatic rings. The Labute approximate surface area is 111 Å². The summed E-state index contributed by atoms with van der Waals surface area (Å²) in [5, 5.41) is 11.8. The average molecular weight is 256 g/mol. The molecule has 0 bridgehead atoms. The highest BCUT2D eigenvalue weighted by Gasteiger charge is 2.07. The van der Waals surface area contributed by atoms with E-state index in [1.807, 2.05) is 6.92 Å². The molecular formula is C15H16N2O2. The van der Waals surface area contributed by atoms with E-state index in [0.717, 1.165) is 11.1 Å². The maximum atomic E-state index is 12.1. The van der Waals surface area contributed by atoms with Gasteiger partial charge in [-0.05, 0) is 48.4 Å². The number of hydrogen-bond acceptors (Lipinski definition) is 3. The normalized spacial score (nSPS) is 10.2. The molecule has 0 unspecified atom stereocenters. The first-order valence-electron chi connectivity index (χ1n) is 5.97. The molecule has 0 radical (unpaired) electrons. The summed E-state index contributed by atoms with van der Waals surface area (Å²) < 4.78 is 0. The molecule has 0 aliphatic carbocycles. The molecule has 0 heterocycles. The summed E-state index contributed by atoms with van der Waals surface area (Å²) in [6.07, 6.45) is 0. The monoisotopic (exact) mass is 256 g/mol. The fraction of sp³-hybridized carbons (Fsp3) is 0.133. The van der Waals surface area contributed by atoms with Crippen molar-refractivity contribution in [2.45, 2.75) is 13.5 Å². The molecule has 4 heteroatoms. The van der Waals surface area contributed by atoms with Gasteiger partial charge in [0.1, 0.15) is 0 Å². The number of anilines is 2. The number of nitrogens with one attached hydrogen (secondary N) is 1. The van der Waals surface area contributed by atoms with Crippen molar-refractivity contribution in [1.82, 2.24) is 0 Å². The Morgan fingerprint density at radius 3 is 2.74 bits per heavy atom. The number of nitrogen functional groups attached to an aromatic ring is 1. The van der Waals surface area contributed by atoms with Crippen LogP contribution in [0.15, 0.2) is 42.5 Å². The molecule has 0 saturated carbocycles. The maximum Gasteiger partial charge on any atom is 0.255 e. The van der Waals surface area contributed by atoms with E-state index >= 15 is 0 Å². The van der Waals surface area contributed by atoms with Crippen LogP contribution < -0.4 is 11.1 Å². The SMILES string of the molecule is Cc1cc(C(=O)Nc2cccc(CO)c2)ccc1N. The van der Waals surface area contributed by atoms with Gasteiger partial charge in [0.2, 0.25) is 0 Å². The van der Waals surface area contributed by atoms with Crippen LogP contribution in [0.4, 0.5) is 11.4 Å². The van der Waals surface area contributed by atoms with Gasteiger partial charge < -0.3 is 16.2 Å². The van der Waals surface area contributed by atoms with Crippen LogP contribution in [-0.2, 0) is 6.61 Å². The molecule has 0 aromatic heterocycles. The van der Waals surface area contributed by atoms with Crippen LogP contribution in [0.5, 0.6) is 0 Å². The van der Waals surface area contributed by atoms with Gasteiger partial charge in [0.25, 0.3) is 5.91 Å². The Morgan fingerprint density at radius 2 is 2.05 bits per heavy atom. The van der Waals surface area contributed by atoms with Gasteiger partial charge in [-0.15, -0.1) is 0 Å². The van der Waals surface area contributed by atoms with E-state index in [1.54, 1.807) is 42.5 Å². The number of hydrogen-bond donors (Lipinski definition) is 3. The molecule has 2 rings (SSSR count). The summed E-state index contributed by atoms with van der Waals surface area (Å²) in [7, 11) is 0. The number of amides is 1. The van der Waals surface area contributed by atoms with Gasteiger partial charge in [0, 0.05) is 16.9 Å². The van der Waals surface area contributed by atoms with E-state index in [-0.39, 0.29) is 12.5 Å². The topological polar surface area (TPSA) is 75.3 Å². The van der Waals surface area contributed by atoms with Gasteiger partial charge in [0.05, 0.1) is 6.61 Å². The summed E-state index contributed by atoms with van der Waals surface area (Å²) >= 11 is 0. The Balaban J connectivity index is 2.18. The third-order valence-corrected chi connectivity index (χ3v) is 2.90. The number of aliphatic hydroxyl groups excluding tert-OH is 1. The van der Waals surface area contributed by atoms with Crippen LogP contribution in [-0.4, -0.2) is 11.0 Å². The lowest BCUT2D eigenvalue weighted by Gasteiger charge is -2.08. The van der Waals surface area contributed by atoms with Crippen LogP contribution in [0.25, 0.3) is 0 Å². The number of rotatable bonds is 3. The number of aryl methyl sites for hydroxylation is 1. The van der Waals surface area contributed by atoms with Crippen LogP contribution >= 0.6 is 0 Å². The van der Waals surface area contributed by atoms with Gasteiger partial charge >= 0.3 is 0 Å². The molecule has 19 heavy (non-hydrogen) atoms. The second-order valence-electron chi connectivity index (χ2n) is 4.38. The first-order valence-corrected chi connectivity index (χ1v) is 5.97. The van der Waals surface area contributed by atoms with Crippen molar-refractivity contribution >= 4 is 17.3 Å². The summed E-state index contributed by atoms with van der Waals surface area (Å²) in [6, 6.07) is 12.3. The van der Waals surface area contributed by atoms with Gasteiger partial charge in [-0.25, -0.2) is 0 Å². The second kappa shape index (κ2) is 5.54. The largest absolute Gasteiger partial charge is 0.399 e. The number of benzene rings is 2. The summed E-state index contributed by atoms with van der Waals surface area (Å²) in [5.41, 5.74) is 9.23. The van der Waals surface area contributed by atoms with E-state index in [9.17, 15) is 4.79 Å². The zero-order valence-corrected chi connectivity index (χ0v) is 10.7. The van der Waals surface area contributed by atoms with E-state index < -0.39 is 0 Å². The second-order valence-corrected chi connectivity index (χ2v) is 4.38. The third-order valence-electron chi connectivity index (χ3n) is 2.90. The lowest BCUT2D eigenvalue weighted by Crippen LogP contribution is -2.12. The highest BCUT2D eigenvalue weighted by atomic mass is 16.3. The minimum absolute atomic E-state index is 0.0509. The minimum Gasteiger partial charge on any atom is -0.399 e. The maximum absolute atomic E-state index is 12.1. The van der Waals surface area contributed by atoms with Gasteiger partial charge in [-0.2, -0.15) is 0 Å². The zero-order valence-electron chi connectivity index (χ0n) is 10.7. The van der Waals surface area contributed by atoms with Crippen LogP contribution in [0.1, 0.15) is 21.5 Å². The molecular weight excluding hydrogens is 240 g/mol. The molecule has 0 saturated heterocycles. The molecule has 0 fully saturated rings. The summed E-state index contributed by atoms with van der Waals surface area (Å²) in [4.78, 5) is 12.1. The van der Waals surface area contributed by atoms with Crippen LogP contribution in [0, 0.1) is 6.92 Å². The van der Waals surface area contributed by atoms with E-state index in [0.29, 0.717) is 16.9 Å². The van der Waals surface area contributed by atoms with Gasteiger partial charge in [-0.3, -0.25) is 4.79 Å². The quantitative estimate of drug-likeness (QED) is 0.738. The first-order chi connectivity index (χ1) is 9.10. The lowest BCUT2D eigenvalue weighted by atomic mass is 10.1. The standard InChI is InChI=1S/C15H16N2O2/c1-10-7-12(5-6-14(10)16)15(19)17-13-4-2-3-11(8-13)9-18/h2-8,18H,9,16H2,1H3,(H,17,19). The van der Waals surface area contributed by atoms with Gasteiger partial charge in [0.15, 0.2) is 0 Å². The molecule has 2 aromatic carbocycles. The predicted molar refractivity (Wildman–Crippen MR) is 75.9 cm³/mol. The number of aliphatic hydroxyl groups is 1. The number of nitrogens with two attached hydrogens (primary N) is 1. The van der Waals surface area contributed by atoms with Crippen molar-refractivity contribution in [1.29, 1.82) is 0 Å². The predicted octanol–water partition coefficient (Wildman–Crippen LogP) is 2.32. The highest BCUT2D eigenvalue weighted by molar-refractivity contribution is 6.04.